The van der Waals surface area contributed by atoms with Gasteiger partial charge in [-0.25, -0.2) is 18.4 Å². The summed E-state index contributed by atoms with van der Waals surface area (Å²) in [5.74, 6) is 0. The van der Waals surface area contributed by atoms with Gasteiger partial charge in [-0.2, -0.15) is 18.3 Å². The van der Waals surface area contributed by atoms with E-state index in [1.807, 2.05) is 5.10 Å². The van der Waals surface area contributed by atoms with Gasteiger partial charge in [0.25, 0.3) is 0 Å². The Morgan fingerprint density at radius 2 is 1.89 bits per heavy atom. The summed E-state index contributed by atoms with van der Waals surface area (Å²) in [5.41, 5.74) is 0.237. The van der Waals surface area contributed by atoms with Crippen LogP contribution in [0.2, 0.25) is 0 Å². The average molecular weight is 424 g/mol. The number of hydrogen-bond donors (Lipinski definition) is 1. The van der Waals surface area contributed by atoms with Crippen LogP contribution in [0.1, 0.15) is 5.69 Å². The minimum Gasteiger partial charge on any atom is -0.273 e. The lowest BCUT2D eigenvalue weighted by atomic mass is 10.0. The van der Waals surface area contributed by atoms with Crippen LogP contribution in [0.25, 0.3) is 32.6 Å². The number of nitrogens with zero attached hydrogens (tertiary/aromatic N) is 3. The molecule has 0 spiro atoms. The van der Waals surface area contributed by atoms with Crippen LogP contribution in [0.5, 0.6) is 0 Å². The van der Waals surface area contributed by atoms with Gasteiger partial charge in [0.1, 0.15) is 16.2 Å². The van der Waals surface area contributed by atoms with E-state index in [2.05, 4.69) is 15.1 Å². The first kappa shape index (κ1) is 18.6. The molecule has 6 nitrogen and oxygen atoms in total. The molecule has 4 rings (SSSR count). The van der Waals surface area contributed by atoms with Crippen molar-refractivity contribution >= 4 is 32.1 Å². The van der Waals surface area contributed by atoms with E-state index in [0.717, 1.165) is 23.8 Å². The van der Waals surface area contributed by atoms with Crippen LogP contribution in [-0.4, -0.2) is 34.8 Å². The standard InChI is InChI=1S/C17H11F3N4O2S2/c1-28(25,26)14-5-4-13(27-14)15-10-6-9(2-3-12(10)21-8-22-15)11-7-23-24-16(11)17(18,19)20/h2-8H,1H3,(H,23,24). The normalized spacial score (nSPS) is 12.6. The summed E-state index contributed by atoms with van der Waals surface area (Å²) in [7, 11) is -3.37. The highest BCUT2D eigenvalue weighted by molar-refractivity contribution is 7.92. The van der Waals surface area contributed by atoms with Crippen molar-refractivity contribution in [2.75, 3.05) is 6.26 Å². The molecule has 0 fully saturated rings. The van der Waals surface area contributed by atoms with Crippen molar-refractivity contribution in [3.8, 4) is 21.7 Å². The van der Waals surface area contributed by atoms with Crippen LogP contribution < -0.4 is 0 Å². The van der Waals surface area contributed by atoms with Crippen molar-refractivity contribution in [3.05, 3.63) is 48.5 Å². The highest BCUT2D eigenvalue weighted by atomic mass is 32.2. The van der Waals surface area contributed by atoms with Crippen LogP contribution in [-0.2, 0) is 16.0 Å². The first-order chi connectivity index (χ1) is 13.1. The predicted octanol–water partition coefficient (Wildman–Crippen LogP) is 4.17. The number of hydrogen-bond acceptors (Lipinski definition) is 6. The lowest BCUT2D eigenvalue weighted by molar-refractivity contribution is -0.140. The molecule has 0 aliphatic heterocycles. The van der Waals surface area contributed by atoms with Gasteiger partial charge in [-0.1, -0.05) is 6.07 Å². The molecule has 28 heavy (non-hydrogen) atoms. The Bertz CT molecular complexity index is 1290. The van der Waals surface area contributed by atoms with E-state index in [1.165, 1.54) is 18.5 Å². The zero-order chi connectivity index (χ0) is 20.1. The summed E-state index contributed by atoms with van der Waals surface area (Å²) in [6, 6.07) is 7.76. The molecule has 0 radical (unpaired) electrons. The van der Waals surface area contributed by atoms with Crippen LogP contribution in [0.15, 0.2) is 47.1 Å². The van der Waals surface area contributed by atoms with E-state index in [1.54, 1.807) is 18.2 Å². The minimum absolute atomic E-state index is 0.0905. The summed E-state index contributed by atoms with van der Waals surface area (Å²) in [4.78, 5) is 8.95. The number of sulfone groups is 1. The maximum Gasteiger partial charge on any atom is 0.433 e. The second kappa shape index (κ2) is 6.38. The molecule has 0 aliphatic rings. The van der Waals surface area contributed by atoms with E-state index in [-0.39, 0.29) is 9.77 Å². The summed E-state index contributed by atoms with van der Waals surface area (Å²) in [6.07, 6.45) is -1.03. The van der Waals surface area contributed by atoms with Crippen LogP contribution in [0.4, 0.5) is 13.2 Å². The zero-order valence-electron chi connectivity index (χ0n) is 14.1. The number of fused-ring (bicyclic) bond motifs is 1. The van der Waals surface area contributed by atoms with Crippen molar-refractivity contribution in [1.29, 1.82) is 0 Å². The van der Waals surface area contributed by atoms with Gasteiger partial charge in [0.05, 0.1) is 22.3 Å². The van der Waals surface area contributed by atoms with Crippen molar-refractivity contribution in [2.45, 2.75) is 10.4 Å². The molecule has 0 aliphatic carbocycles. The Morgan fingerprint density at radius 3 is 2.57 bits per heavy atom. The van der Waals surface area contributed by atoms with E-state index in [4.69, 9.17) is 0 Å². The molecule has 3 heterocycles. The summed E-state index contributed by atoms with van der Waals surface area (Å²) < 4.78 is 63.2. The fraction of sp³-hybridized carbons (Fsp3) is 0.118. The SMILES string of the molecule is CS(=O)(=O)c1ccc(-c2ncnc3ccc(-c4cn[nH]c4C(F)(F)F)cc23)s1. The molecule has 0 atom stereocenters. The monoisotopic (exact) mass is 424 g/mol. The van der Waals surface area contributed by atoms with Gasteiger partial charge in [0, 0.05) is 17.2 Å². The van der Waals surface area contributed by atoms with Gasteiger partial charge >= 0.3 is 6.18 Å². The smallest absolute Gasteiger partial charge is 0.273 e. The lowest BCUT2D eigenvalue weighted by Gasteiger charge is -2.09. The van der Waals surface area contributed by atoms with Crippen LogP contribution in [0, 0.1) is 0 Å². The average Bonchev–Trinajstić information content (AvgIpc) is 3.29. The molecular weight excluding hydrogens is 413 g/mol. The van der Waals surface area contributed by atoms with Gasteiger partial charge < -0.3 is 0 Å². The third-order valence-corrected chi connectivity index (χ3v) is 6.96. The molecule has 0 saturated heterocycles. The molecule has 0 unspecified atom stereocenters. The predicted molar refractivity (Wildman–Crippen MR) is 98.5 cm³/mol. The fourth-order valence-electron chi connectivity index (χ4n) is 2.79. The Balaban J connectivity index is 1.90. The van der Waals surface area contributed by atoms with Crippen molar-refractivity contribution in [3.63, 3.8) is 0 Å². The highest BCUT2D eigenvalue weighted by Crippen LogP contribution is 2.38. The first-order valence-corrected chi connectivity index (χ1v) is 10.5. The molecule has 4 aromatic rings. The number of aromatic amines is 1. The molecule has 11 heteroatoms. The van der Waals surface area contributed by atoms with Gasteiger partial charge in [-0.05, 0) is 29.8 Å². The van der Waals surface area contributed by atoms with Crippen LogP contribution >= 0.6 is 11.3 Å². The van der Waals surface area contributed by atoms with E-state index in [9.17, 15) is 21.6 Å². The largest absolute Gasteiger partial charge is 0.433 e. The Morgan fingerprint density at radius 1 is 1.11 bits per heavy atom. The Hall–Kier alpha value is -2.79. The second-order valence-electron chi connectivity index (χ2n) is 6.00. The molecule has 3 aromatic heterocycles. The third kappa shape index (κ3) is 3.27. The maximum atomic E-state index is 13.2. The number of nitrogens with one attached hydrogen (secondary N) is 1. The molecule has 0 bridgehead atoms. The molecule has 1 N–H and O–H groups in total. The zero-order valence-corrected chi connectivity index (χ0v) is 15.8. The number of aromatic nitrogens is 4. The molecular formula is C17H11F3N4O2S2. The van der Waals surface area contributed by atoms with Crippen molar-refractivity contribution < 1.29 is 21.6 Å². The molecule has 1 aromatic carbocycles. The molecule has 0 saturated carbocycles. The number of rotatable bonds is 3. The quantitative estimate of drug-likeness (QED) is 0.533. The minimum atomic E-state index is -4.57. The first-order valence-electron chi connectivity index (χ1n) is 7.80. The topological polar surface area (TPSA) is 88.6 Å². The summed E-state index contributed by atoms with van der Waals surface area (Å²) in [5, 5.41) is 6.01. The van der Waals surface area contributed by atoms with Gasteiger partial charge in [-0.3, -0.25) is 5.10 Å². The number of thiophene rings is 1. The summed E-state index contributed by atoms with van der Waals surface area (Å²) in [6.45, 7) is 0. The van der Waals surface area contributed by atoms with Gasteiger partial charge in [-0.15, -0.1) is 11.3 Å². The van der Waals surface area contributed by atoms with Crippen molar-refractivity contribution in [2.24, 2.45) is 0 Å². The van der Waals surface area contributed by atoms with E-state index in [0.29, 0.717) is 27.0 Å². The third-order valence-electron chi connectivity index (χ3n) is 4.05. The summed E-state index contributed by atoms with van der Waals surface area (Å²) >= 11 is 1.04. The van der Waals surface area contributed by atoms with Crippen molar-refractivity contribution in [1.82, 2.24) is 20.2 Å². The number of halogens is 3. The highest BCUT2D eigenvalue weighted by Gasteiger charge is 2.36. The lowest BCUT2D eigenvalue weighted by Crippen LogP contribution is -2.07. The van der Waals surface area contributed by atoms with Gasteiger partial charge in [0.15, 0.2) is 9.84 Å². The number of H-pyrrole nitrogens is 1. The molecule has 144 valence electrons. The second-order valence-corrected chi connectivity index (χ2v) is 9.33. The maximum absolute atomic E-state index is 13.2. The van der Waals surface area contributed by atoms with Gasteiger partial charge in [0.2, 0.25) is 0 Å². The Kier molecular flexibility index (Phi) is 4.23. The van der Waals surface area contributed by atoms with Crippen LogP contribution in [0.3, 0.4) is 0 Å². The van der Waals surface area contributed by atoms with E-state index >= 15 is 0 Å². The van der Waals surface area contributed by atoms with E-state index < -0.39 is 21.7 Å². The number of benzene rings is 1. The Labute approximate surface area is 161 Å². The fourth-order valence-corrected chi connectivity index (χ4v) is 4.73. The number of alkyl halides is 3. The molecule has 0 amide bonds.